The van der Waals surface area contributed by atoms with Gasteiger partial charge in [-0.1, -0.05) is 0 Å². The summed E-state index contributed by atoms with van der Waals surface area (Å²) in [5.74, 6) is 0. The van der Waals surface area contributed by atoms with Crippen LogP contribution in [0.25, 0.3) is 0 Å². The van der Waals surface area contributed by atoms with Gasteiger partial charge < -0.3 is 0 Å². The molecule has 0 spiro atoms. The van der Waals surface area contributed by atoms with Crippen LogP contribution in [-0.4, -0.2) is 22.5 Å². The average molecular weight is 420 g/mol. The Bertz CT molecular complexity index is 397. The molecule has 0 heterocycles. The van der Waals surface area contributed by atoms with Crippen molar-refractivity contribution >= 4 is 26.1 Å². The molecule has 0 atom stereocenters. The van der Waals surface area contributed by atoms with E-state index in [9.17, 15) is 0 Å². The fourth-order valence-corrected chi connectivity index (χ4v) is 4.43. The Kier molecular flexibility index (Phi) is 13.2. The molecule has 0 amide bonds. The first kappa shape index (κ1) is 21.1. The van der Waals surface area contributed by atoms with E-state index in [0.29, 0.717) is 0 Å². The zero-order valence-electron chi connectivity index (χ0n) is 15.6. The van der Waals surface area contributed by atoms with E-state index >= 15 is 0 Å². The Hall–Kier alpha value is 0.0187. The molecule has 0 aliphatic heterocycles. The van der Waals surface area contributed by atoms with Crippen LogP contribution in [-0.2, 0) is 12.8 Å². The van der Waals surface area contributed by atoms with Gasteiger partial charge in [0.25, 0.3) is 0 Å². The number of hydrogen-bond donors (Lipinski definition) is 0. The number of unbranched alkanes of at least 4 members (excludes halogenated alkanes) is 10. The van der Waals surface area contributed by atoms with Crippen LogP contribution in [0.2, 0.25) is 0 Å². The van der Waals surface area contributed by atoms with E-state index in [1.807, 2.05) is 0 Å². The van der Waals surface area contributed by atoms with E-state index in [1.165, 1.54) is 89.9 Å². The summed E-state index contributed by atoms with van der Waals surface area (Å²) in [6, 6.07) is 7.02. The Labute approximate surface area is 158 Å². The maximum absolute atomic E-state index is 2.39. The summed E-state index contributed by atoms with van der Waals surface area (Å²) in [7, 11) is 0. The van der Waals surface area contributed by atoms with E-state index in [1.54, 1.807) is 37.2 Å². The second-order valence-corrected chi connectivity index (χ2v) is 8.52. The van der Waals surface area contributed by atoms with Gasteiger partial charge in [0.1, 0.15) is 0 Å². The van der Waals surface area contributed by atoms with Crippen LogP contribution < -0.4 is 3.58 Å². The molecule has 3 radical (unpaired) electrons. The van der Waals surface area contributed by atoms with Crippen molar-refractivity contribution in [3.05, 3.63) is 29.3 Å². The molecule has 0 aromatic heterocycles. The van der Waals surface area contributed by atoms with Gasteiger partial charge in [-0.2, -0.15) is 0 Å². The molecule has 0 saturated heterocycles. The predicted octanol–water partition coefficient (Wildman–Crippen LogP) is 6.29. The van der Waals surface area contributed by atoms with Crippen molar-refractivity contribution in [2.24, 2.45) is 0 Å². The third kappa shape index (κ3) is 9.79. The molecule has 0 aliphatic rings. The first-order chi connectivity index (χ1) is 11.3. The Morgan fingerprint density at radius 2 is 1.17 bits per heavy atom. The molecule has 0 bridgehead atoms. The topological polar surface area (TPSA) is 0 Å². The minimum atomic E-state index is 1.31. The van der Waals surface area contributed by atoms with Crippen molar-refractivity contribution in [2.45, 2.75) is 104 Å². The summed E-state index contributed by atoms with van der Waals surface area (Å²) in [5.41, 5.74) is 3.36. The van der Waals surface area contributed by atoms with Crippen molar-refractivity contribution in [3.8, 4) is 0 Å². The van der Waals surface area contributed by atoms with Crippen molar-refractivity contribution in [2.75, 3.05) is 0 Å². The predicted molar refractivity (Wildman–Crippen MR) is 106 cm³/mol. The van der Waals surface area contributed by atoms with Gasteiger partial charge in [-0.3, -0.25) is 0 Å². The van der Waals surface area contributed by atoms with Gasteiger partial charge in [-0.15, -0.1) is 0 Å². The van der Waals surface area contributed by atoms with Gasteiger partial charge in [0, 0.05) is 0 Å². The third-order valence-electron chi connectivity index (χ3n) is 4.85. The quantitative estimate of drug-likeness (QED) is 0.245. The van der Waals surface area contributed by atoms with Crippen molar-refractivity contribution in [3.63, 3.8) is 0 Å². The molecule has 0 saturated carbocycles. The van der Waals surface area contributed by atoms with Crippen molar-refractivity contribution < 1.29 is 0 Å². The van der Waals surface area contributed by atoms with Crippen LogP contribution in [0.15, 0.2) is 18.2 Å². The minimum absolute atomic E-state index is 1.31. The number of aryl methyl sites for hydroxylation is 1. The van der Waals surface area contributed by atoms with Gasteiger partial charge in [0.05, 0.1) is 0 Å². The van der Waals surface area contributed by atoms with Gasteiger partial charge in [-0.05, 0) is 0 Å². The summed E-state index contributed by atoms with van der Waals surface area (Å²) < 4.78 is 1.61. The van der Waals surface area contributed by atoms with Crippen LogP contribution in [0.4, 0.5) is 0 Å². The molecular formula is C22H37Sn. The van der Waals surface area contributed by atoms with Crippen LogP contribution >= 0.6 is 0 Å². The SMILES string of the molecule is CCCCCCCCc1ccc[c]([Sn])c1CCCCCCCC. The first-order valence-electron chi connectivity index (χ1n) is 10.1. The van der Waals surface area contributed by atoms with E-state index in [-0.39, 0.29) is 0 Å². The molecule has 0 aliphatic carbocycles. The summed E-state index contributed by atoms with van der Waals surface area (Å²) in [5, 5.41) is 0. The number of benzene rings is 1. The van der Waals surface area contributed by atoms with E-state index in [2.05, 4.69) is 32.0 Å². The van der Waals surface area contributed by atoms with Crippen LogP contribution in [0, 0.1) is 0 Å². The molecule has 1 aromatic rings. The van der Waals surface area contributed by atoms with E-state index in [0.717, 1.165) is 0 Å². The van der Waals surface area contributed by atoms with Gasteiger partial charge in [0.2, 0.25) is 0 Å². The number of rotatable bonds is 14. The van der Waals surface area contributed by atoms with Gasteiger partial charge >= 0.3 is 159 Å². The summed E-state index contributed by atoms with van der Waals surface area (Å²) >= 11 is 1.59. The third-order valence-corrected chi connectivity index (χ3v) is 6.19. The Balaban J connectivity index is 2.33. The molecule has 1 rings (SSSR count). The molecule has 0 unspecified atom stereocenters. The fourth-order valence-electron chi connectivity index (χ4n) is 3.34. The van der Waals surface area contributed by atoms with Crippen molar-refractivity contribution in [1.29, 1.82) is 0 Å². The van der Waals surface area contributed by atoms with Crippen LogP contribution in [0.1, 0.15) is 102 Å². The average Bonchev–Trinajstić information content (AvgIpc) is 2.56. The van der Waals surface area contributed by atoms with E-state index < -0.39 is 0 Å². The molecule has 0 fully saturated rings. The van der Waals surface area contributed by atoms with Gasteiger partial charge in [-0.25, -0.2) is 0 Å². The van der Waals surface area contributed by atoms with Crippen LogP contribution in [0.3, 0.4) is 0 Å². The first-order valence-corrected chi connectivity index (χ1v) is 11.5. The molecule has 0 N–H and O–H groups in total. The molecule has 129 valence electrons. The Morgan fingerprint density at radius 1 is 0.652 bits per heavy atom. The van der Waals surface area contributed by atoms with E-state index in [4.69, 9.17) is 0 Å². The van der Waals surface area contributed by atoms with Crippen LogP contribution in [0.5, 0.6) is 0 Å². The monoisotopic (exact) mass is 421 g/mol. The molecule has 1 aromatic carbocycles. The maximum atomic E-state index is 2.39. The summed E-state index contributed by atoms with van der Waals surface area (Å²) in [6.07, 6.45) is 19.5. The number of hydrogen-bond acceptors (Lipinski definition) is 0. The zero-order chi connectivity index (χ0) is 16.8. The Morgan fingerprint density at radius 3 is 1.78 bits per heavy atom. The summed E-state index contributed by atoms with van der Waals surface area (Å²) in [4.78, 5) is 0. The molecule has 0 nitrogen and oxygen atoms in total. The van der Waals surface area contributed by atoms with Gasteiger partial charge in [0.15, 0.2) is 0 Å². The summed E-state index contributed by atoms with van der Waals surface area (Å²) in [6.45, 7) is 4.59. The molecule has 23 heavy (non-hydrogen) atoms. The standard InChI is InChI=1S/C22H37.Sn/c1-3-5-7-9-11-13-17-21-19-15-16-20-22(21)18-14-12-10-8-6-4-2;/h15-16,19H,3-14,17-18H2,1-2H3;. The van der Waals surface area contributed by atoms with Crippen molar-refractivity contribution in [1.82, 2.24) is 0 Å². The molecule has 1 heteroatoms. The zero-order valence-corrected chi connectivity index (χ0v) is 18.5. The second kappa shape index (κ2) is 14.4. The molecular weight excluding hydrogens is 383 g/mol. The normalized spacial score (nSPS) is 11.1. The second-order valence-electron chi connectivity index (χ2n) is 6.98. The fraction of sp³-hybridized carbons (Fsp3) is 0.727.